The summed E-state index contributed by atoms with van der Waals surface area (Å²) in [5.74, 6) is -1.22. The summed E-state index contributed by atoms with van der Waals surface area (Å²) in [6.45, 7) is 0.330. The number of rotatable bonds is 2. The summed E-state index contributed by atoms with van der Waals surface area (Å²) in [6.07, 6.45) is 0.178. The number of nitrogens with one attached hydrogen (secondary N) is 1. The van der Waals surface area contributed by atoms with Crippen molar-refractivity contribution in [2.75, 3.05) is 18.5 Å². The molecule has 0 bridgehead atoms. The maximum absolute atomic E-state index is 13.5. The summed E-state index contributed by atoms with van der Waals surface area (Å²) >= 11 is 0. The molecule has 1 fully saturated rings. The minimum Gasteiger partial charge on any atom is -0.355 e. The summed E-state index contributed by atoms with van der Waals surface area (Å²) in [5, 5.41) is 2.59. The smallest absolute Gasteiger partial charge is 0.232 e. The molecular weight excluding hydrogens is 223 g/mol. The SMILES string of the molecule is CN(C(=O)C1CNC(=O)C1)c1ccccc1F. The Labute approximate surface area is 98.4 Å². The van der Waals surface area contributed by atoms with Gasteiger partial charge in [-0.25, -0.2) is 4.39 Å². The van der Waals surface area contributed by atoms with Gasteiger partial charge in [0.25, 0.3) is 0 Å². The fourth-order valence-corrected chi connectivity index (χ4v) is 1.90. The lowest BCUT2D eigenvalue weighted by Crippen LogP contribution is -2.34. The van der Waals surface area contributed by atoms with Gasteiger partial charge in [0.1, 0.15) is 5.82 Å². The second kappa shape index (κ2) is 4.53. The Kier molecular flexibility index (Phi) is 3.08. The molecule has 1 aromatic rings. The Balaban J connectivity index is 2.15. The van der Waals surface area contributed by atoms with Crippen molar-refractivity contribution in [1.29, 1.82) is 0 Å². The zero-order valence-electron chi connectivity index (χ0n) is 9.44. The van der Waals surface area contributed by atoms with Gasteiger partial charge in [-0.2, -0.15) is 0 Å². The van der Waals surface area contributed by atoms with Crippen LogP contribution in [0.15, 0.2) is 24.3 Å². The van der Waals surface area contributed by atoms with Crippen LogP contribution in [0.25, 0.3) is 0 Å². The average Bonchev–Trinajstić information content (AvgIpc) is 2.75. The Morgan fingerprint density at radius 2 is 2.18 bits per heavy atom. The Bertz CT molecular complexity index is 462. The number of amides is 2. The highest BCUT2D eigenvalue weighted by Gasteiger charge is 2.31. The van der Waals surface area contributed by atoms with Crippen LogP contribution in [0.3, 0.4) is 0 Å². The maximum atomic E-state index is 13.5. The van der Waals surface area contributed by atoms with Crippen LogP contribution in [0.2, 0.25) is 0 Å². The number of hydrogen-bond donors (Lipinski definition) is 1. The number of hydrogen-bond acceptors (Lipinski definition) is 2. The van der Waals surface area contributed by atoms with E-state index in [9.17, 15) is 14.0 Å². The molecule has 17 heavy (non-hydrogen) atoms. The summed E-state index contributed by atoms with van der Waals surface area (Å²) in [6, 6.07) is 6.08. The Hall–Kier alpha value is -1.91. The predicted octanol–water partition coefficient (Wildman–Crippen LogP) is 0.925. The van der Waals surface area contributed by atoms with E-state index >= 15 is 0 Å². The molecule has 4 nitrogen and oxygen atoms in total. The van der Waals surface area contributed by atoms with E-state index < -0.39 is 11.7 Å². The van der Waals surface area contributed by atoms with Crippen molar-refractivity contribution >= 4 is 17.5 Å². The molecule has 1 heterocycles. The van der Waals surface area contributed by atoms with Crippen molar-refractivity contribution in [3.63, 3.8) is 0 Å². The third-order valence-corrected chi connectivity index (χ3v) is 2.87. The molecule has 0 aliphatic carbocycles. The molecule has 0 spiro atoms. The summed E-state index contributed by atoms with van der Waals surface area (Å²) in [7, 11) is 1.52. The minimum absolute atomic E-state index is 0.134. The second-order valence-electron chi connectivity index (χ2n) is 4.05. The molecule has 1 saturated heterocycles. The summed E-state index contributed by atoms with van der Waals surface area (Å²) in [5.41, 5.74) is 0.233. The van der Waals surface area contributed by atoms with Crippen LogP contribution in [-0.2, 0) is 9.59 Å². The van der Waals surface area contributed by atoms with Crippen molar-refractivity contribution in [3.8, 4) is 0 Å². The molecule has 1 N–H and O–H groups in total. The molecule has 1 aliphatic rings. The van der Waals surface area contributed by atoms with E-state index in [0.29, 0.717) is 6.54 Å². The first-order chi connectivity index (χ1) is 8.09. The molecular formula is C12H13FN2O2. The van der Waals surface area contributed by atoms with Gasteiger partial charge in [-0.3, -0.25) is 9.59 Å². The van der Waals surface area contributed by atoms with Gasteiger partial charge in [-0.1, -0.05) is 12.1 Å². The molecule has 2 amide bonds. The largest absolute Gasteiger partial charge is 0.355 e. The first-order valence-corrected chi connectivity index (χ1v) is 5.38. The third kappa shape index (κ3) is 2.27. The molecule has 90 valence electrons. The van der Waals surface area contributed by atoms with E-state index in [2.05, 4.69) is 5.32 Å². The third-order valence-electron chi connectivity index (χ3n) is 2.87. The number of para-hydroxylation sites is 1. The quantitative estimate of drug-likeness (QED) is 0.830. The van der Waals surface area contributed by atoms with Crippen LogP contribution in [0.4, 0.5) is 10.1 Å². The van der Waals surface area contributed by atoms with Crippen molar-refractivity contribution in [1.82, 2.24) is 5.32 Å². The van der Waals surface area contributed by atoms with E-state index in [4.69, 9.17) is 0 Å². The second-order valence-corrected chi connectivity index (χ2v) is 4.05. The lowest BCUT2D eigenvalue weighted by atomic mass is 10.1. The summed E-state index contributed by atoms with van der Waals surface area (Å²) < 4.78 is 13.5. The van der Waals surface area contributed by atoms with Crippen LogP contribution in [0, 0.1) is 11.7 Å². The lowest BCUT2D eigenvalue weighted by Gasteiger charge is -2.20. The zero-order valence-corrected chi connectivity index (χ0v) is 9.44. The fourth-order valence-electron chi connectivity index (χ4n) is 1.90. The molecule has 2 rings (SSSR count). The van der Waals surface area contributed by atoms with Crippen molar-refractivity contribution < 1.29 is 14.0 Å². The van der Waals surface area contributed by atoms with Gasteiger partial charge < -0.3 is 10.2 Å². The highest BCUT2D eigenvalue weighted by molar-refractivity contribution is 5.98. The first-order valence-electron chi connectivity index (χ1n) is 5.38. The highest BCUT2D eigenvalue weighted by Crippen LogP contribution is 2.21. The van der Waals surface area contributed by atoms with E-state index in [-0.39, 0.29) is 23.9 Å². The molecule has 0 saturated carbocycles. The van der Waals surface area contributed by atoms with Crippen molar-refractivity contribution in [2.24, 2.45) is 5.92 Å². The van der Waals surface area contributed by atoms with Crippen molar-refractivity contribution in [3.05, 3.63) is 30.1 Å². The number of anilines is 1. The number of carbonyl (C=O) groups excluding carboxylic acids is 2. The van der Waals surface area contributed by atoms with Crippen LogP contribution in [0.5, 0.6) is 0 Å². The van der Waals surface area contributed by atoms with E-state index in [1.54, 1.807) is 12.1 Å². The van der Waals surface area contributed by atoms with E-state index in [0.717, 1.165) is 0 Å². The number of benzene rings is 1. The van der Waals surface area contributed by atoms with Crippen LogP contribution in [-0.4, -0.2) is 25.4 Å². The molecule has 1 atom stereocenters. The van der Waals surface area contributed by atoms with E-state index in [1.165, 1.54) is 24.1 Å². The van der Waals surface area contributed by atoms with Gasteiger partial charge >= 0.3 is 0 Å². The fraction of sp³-hybridized carbons (Fsp3) is 0.333. The topological polar surface area (TPSA) is 49.4 Å². The molecule has 1 unspecified atom stereocenters. The normalized spacial score (nSPS) is 18.9. The molecule has 5 heteroatoms. The van der Waals surface area contributed by atoms with Gasteiger partial charge in [0.2, 0.25) is 11.8 Å². The van der Waals surface area contributed by atoms with Crippen LogP contribution >= 0.6 is 0 Å². The highest BCUT2D eigenvalue weighted by atomic mass is 19.1. The monoisotopic (exact) mass is 236 g/mol. The number of carbonyl (C=O) groups is 2. The standard InChI is InChI=1S/C12H13FN2O2/c1-15(10-5-3-2-4-9(10)13)12(17)8-6-11(16)14-7-8/h2-5,8H,6-7H2,1H3,(H,14,16). The van der Waals surface area contributed by atoms with E-state index in [1.807, 2.05) is 0 Å². The predicted molar refractivity (Wildman–Crippen MR) is 60.9 cm³/mol. The zero-order chi connectivity index (χ0) is 12.4. The molecule has 0 radical (unpaired) electrons. The molecule has 0 aromatic heterocycles. The summed E-state index contributed by atoms with van der Waals surface area (Å²) in [4.78, 5) is 24.3. The van der Waals surface area contributed by atoms with Crippen molar-refractivity contribution in [2.45, 2.75) is 6.42 Å². The van der Waals surface area contributed by atoms with Gasteiger partial charge in [0.15, 0.2) is 0 Å². The van der Waals surface area contributed by atoms with Crippen LogP contribution in [0.1, 0.15) is 6.42 Å². The lowest BCUT2D eigenvalue weighted by molar-refractivity contribution is -0.124. The van der Waals surface area contributed by atoms with Gasteiger partial charge in [0.05, 0.1) is 11.6 Å². The Morgan fingerprint density at radius 3 is 2.76 bits per heavy atom. The molecule has 1 aliphatic heterocycles. The average molecular weight is 236 g/mol. The van der Waals surface area contributed by atoms with Crippen LogP contribution < -0.4 is 10.2 Å². The van der Waals surface area contributed by atoms with Gasteiger partial charge in [-0.15, -0.1) is 0 Å². The number of halogens is 1. The first kappa shape index (κ1) is 11.6. The maximum Gasteiger partial charge on any atom is 0.232 e. The minimum atomic E-state index is -0.444. The van der Waals surface area contributed by atoms with Gasteiger partial charge in [0, 0.05) is 20.0 Å². The molecule has 1 aromatic carbocycles. The number of nitrogens with zero attached hydrogens (tertiary/aromatic N) is 1. The van der Waals surface area contributed by atoms with Gasteiger partial charge in [-0.05, 0) is 12.1 Å². The Morgan fingerprint density at radius 1 is 1.47 bits per heavy atom.